The summed E-state index contributed by atoms with van der Waals surface area (Å²) >= 11 is 0. The number of amidine groups is 1. The lowest BCUT2D eigenvalue weighted by molar-refractivity contribution is -0.149. The fraction of sp³-hybridized carbons (Fsp3) is 0.909. The Bertz CT molecular complexity index is 288. The lowest BCUT2D eigenvalue weighted by Gasteiger charge is -2.34. The standard InChI is InChI=1S/C11H21F3N4O/c12-11(13,14)9-18-7-5-17(6-8-18)4-2-1-3-10(15)16-19/h19H,1-9H2,(H2,15,16). The number of oxime groups is 1. The second-order valence-corrected chi connectivity index (χ2v) is 4.78. The monoisotopic (exact) mass is 282 g/mol. The molecule has 0 unspecified atom stereocenters. The van der Waals surface area contributed by atoms with Crippen LogP contribution in [0.15, 0.2) is 5.16 Å². The van der Waals surface area contributed by atoms with Gasteiger partial charge >= 0.3 is 6.18 Å². The van der Waals surface area contributed by atoms with Crippen LogP contribution >= 0.6 is 0 Å². The zero-order chi connectivity index (χ0) is 14.3. The normalized spacial score (nSPS) is 19.8. The smallest absolute Gasteiger partial charge is 0.401 e. The van der Waals surface area contributed by atoms with Gasteiger partial charge in [-0.05, 0) is 19.4 Å². The molecule has 0 radical (unpaired) electrons. The van der Waals surface area contributed by atoms with Crippen LogP contribution in [0.2, 0.25) is 0 Å². The number of hydrogen-bond acceptors (Lipinski definition) is 4. The second kappa shape index (κ2) is 7.54. The summed E-state index contributed by atoms with van der Waals surface area (Å²) in [7, 11) is 0. The van der Waals surface area contributed by atoms with E-state index in [1.54, 1.807) is 0 Å². The van der Waals surface area contributed by atoms with Crippen LogP contribution < -0.4 is 5.73 Å². The van der Waals surface area contributed by atoms with E-state index in [-0.39, 0.29) is 5.84 Å². The molecule has 0 aliphatic carbocycles. The molecule has 0 atom stereocenters. The van der Waals surface area contributed by atoms with Crippen molar-refractivity contribution in [1.82, 2.24) is 9.80 Å². The maximum Gasteiger partial charge on any atom is 0.401 e. The van der Waals surface area contributed by atoms with E-state index < -0.39 is 12.7 Å². The van der Waals surface area contributed by atoms with E-state index in [1.807, 2.05) is 0 Å². The number of rotatable bonds is 6. The van der Waals surface area contributed by atoms with Crippen LogP contribution in [0.5, 0.6) is 0 Å². The topological polar surface area (TPSA) is 65.1 Å². The molecule has 0 bridgehead atoms. The molecule has 0 spiro atoms. The third-order valence-corrected chi connectivity index (χ3v) is 3.15. The minimum Gasteiger partial charge on any atom is -0.409 e. The first-order chi connectivity index (χ1) is 8.90. The molecule has 0 aromatic carbocycles. The highest BCUT2D eigenvalue weighted by atomic mass is 19.4. The second-order valence-electron chi connectivity index (χ2n) is 4.78. The van der Waals surface area contributed by atoms with Crippen molar-refractivity contribution in [1.29, 1.82) is 0 Å². The van der Waals surface area contributed by atoms with Crippen LogP contribution in [0.4, 0.5) is 13.2 Å². The van der Waals surface area contributed by atoms with Gasteiger partial charge in [0, 0.05) is 32.6 Å². The Morgan fingerprint density at radius 3 is 2.21 bits per heavy atom. The number of hydrogen-bond donors (Lipinski definition) is 2. The molecule has 0 aromatic heterocycles. The first-order valence-electron chi connectivity index (χ1n) is 6.38. The van der Waals surface area contributed by atoms with Crippen molar-refractivity contribution in [2.75, 3.05) is 39.3 Å². The van der Waals surface area contributed by atoms with Gasteiger partial charge in [-0.25, -0.2) is 0 Å². The average Bonchev–Trinajstić information content (AvgIpc) is 2.34. The average molecular weight is 282 g/mol. The summed E-state index contributed by atoms with van der Waals surface area (Å²) in [5.74, 6) is 0.218. The molecule has 1 heterocycles. The van der Waals surface area contributed by atoms with Gasteiger partial charge in [0.1, 0.15) is 5.84 Å². The third kappa shape index (κ3) is 7.22. The van der Waals surface area contributed by atoms with E-state index in [2.05, 4.69) is 10.1 Å². The van der Waals surface area contributed by atoms with Gasteiger partial charge in [-0.1, -0.05) is 5.16 Å². The van der Waals surface area contributed by atoms with E-state index in [0.29, 0.717) is 32.6 Å². The lowest BCUT2D eigenvalue weighted by Crippen LogP contribution is -2.49. The quantitative estimate of drug-likeness (QED) is 0.252. The third-order valence-electron chi connectivity index (χ3n) is 3.15. The number of unbranched alkanes of at least 4 members (excludes halogenated alkanes) is 1. The van der Waals surface area contributed by atoms with Crippen LogP contribution in [-0.2, 0) is 0 Å². The summed E-state index contributed by atoms with van der Waals surface area (Å²) in [6.07, 6.45) is -1.85. The fourth-order valence-electron chi connectivity index (χ4n) is 2.12. The SMILES string of the molecule is NC(CCCCN1CCN(CC(F)(F)F)CC1)=NO. The van der Waals surface area contributed by atoms with Gasteiger partial charge in [-0.2, -0.15) is 13.2 Å². The van der Waals surface area contributed by atoms with Crippen LogP contribution in [-0.4, -0.2) is 66.3 Å². The van der Waals surface area contributed by atoms with Gasteiger partial charge in [0.05, 0.1) is 6.54 Å². The highest BCUT2D eigenvalue weighted by Crippen LogP contribution is 2.17. The van der Waals surface area contributed by atoms with Crippen molar-refractivity contribution in [3.63, 3.8) is 0 Å². The zero-order valence-electron chi connectivity index (χ0n) is 10.9. The van der Waals surface area contributed by atoms with Crippen LogP contribution in [0, 0.1) is 0 Å². The van der Waals surface area contributed by atoms with Crippen LogP contribution in [0.25, 0.3) is 0 Å². The van der Waals surface area contributed by atoms with Crippen molar-refractivity contribution in [2.24, 2.45) is 10.9 Å². The first-order valence-corrected chi connectivity index (χ1v) is 6.38. The molecule has 0 aromatic rings. The van der Waals surface area contributed by atoms with Crippen molar-refractivity contribution in [3.05, 3.63) is 0 Å². The Hall–Kier alpha value is -1.02. The highest BCUT2D eigenvalue weighted by molar-refractivity contribution is 5.79. The molecule has 1 rings (SSSR count). The summed E-state index contributed by atoms with van der Waals surface area (Å²) in [4.78, 5) is 3.59. The van der Waals surface area contributed by atoms with Gasteiger partial charge < -0.3 is 15.8 Å². The number of piperazine rings is 1. The van der Waals surface area contributed by atoms with Gasteiger partial charge in [-0.3, -0.25) is 4.90 Å². The van der Waals surface area contributed by atoms with Gasteiger partial charge in [0.2, 0.25) is 0 Å². The Morgan fingerprint density at radius 1 is 1.11 bits per heavy atom. The molecule has 19 heavy (non-hydrogen) atoms. The fourth-order valence-corrected chi connectivity index (χ4v) is 2.12. The minimum absolute atomic E-state index is 0.218. The molecule has 0 amide bonds. The van der Waals surface area contributed by atoms with Gasteiger partial charge in [-0.15, -0.1) is 0 Å². The van der Waals surface area contributed by atoms with E-state index >= 15 is 0 Å². The zero-order valence-corrected chi connectivity index (χ0v) is 10.9. The lowest BCUT2D eigenvalue weighted by atomic mass is 10.2. The summed E-state index contributed by atoms with van der Waals surface area (Å²) in [6, 6.07) is 0. The molecular formula is C11H21F3N4O. The summed E-state index contributed by atoms with van der Waals surface area (Å²) in [6.45, 7) is 2.28. The summed E-state index contributed by atoms with van der Waals surface area (Å²) in [5.41, 5.74) is 5.34. The van der Waals surface area contributed by atoms with E-state index in [1.165, 1.54) is 4.90 Å². The molecule has 5 nitrogen and oxygen atoms in total. The molecule has 1 fully saturated rings. The molecular weight excluding hydrogens is 261 g/mol. The molecule has 1 saturated heterocycles. The molecule has 112 valence electrons. The Morgan fingerprint density at radius 2 is 1.68 bits per heavy atom. The first kappa shape index (κ1) is 16.0. The van der Waals surface area contributed by atoms with Crippen molar-refractivity contribution < 1.29 is 18.4 Å². The Labute approximate surface area is 110 Å². The van der Waals surface area contributed by atoms with E-state index in [0.717, 1.165) is 19.4 Å². The maximum atomic E-state index is 12.2. The van der Waals surface area contributed by atoms with Gasteiger partial charge in [0.15, 0.2) is 0 Å². The van der Waals surface area contributed by atoms with Crippen molar-refractivity contribution in [2.45, 2.75) is 25.4 Å². The maximum absolute atomic E-state index is 12.2. The number of alkyl halides is 3. The number of nitrogens with two attached hydrogens (primary N) is 1. The molecule has 0 saturated carbocycles. The van der Waals surface area contributed by atoms with Crippen molar-refractivity contribution >= 4 is 5.84 Å². The van der Waals surface area contributed by atoms with Gasteiger partial charge in [0.25, 0.3) is 0 Å². The highest BCUT2D eigenvalue weighted by Gasteiger charge is 2.31. The number of nitrogens with zero attached hydrogens (tertiary/aromatic N) is 3. The number of halogens is 3. The van der Waals surface area contributed by atoms with Crippen LogP contribution in [0.1, 0.15) is 19.3 Å². The summed E-state index contributed by atoms with van der Waals surface area (Å²) in [5, 5.41) is 11.2. The van der Waals surface area contributed by atoms with E-state index in [4.69, 9.17) is 10.9 Å². The summed E-state index contributed by atoms with van der Waals surface area (Å²) < 4.78 is 36.6. The minimum atomic E-state index is -4.11. The van der Waals surface area contributed by atoms with Crippen LogP contribution in [0.3, 0.4) is 0 Å². The molecule has 8 heteroatoms. The molecule has 3 N–H and O–H groups in total. The van der Waals surface area contributed by atoms with Crippen molar-refractivity contribution in [3.8, 4) is 0 Å². The Kier molecular flexibility index (Phi) is 6.36. The Balaban J connectivity index is 2.10. The molecule has 1 aliphatic heterocycles. The predicted octanol–water partition coefficient (Wildman–Crippen LogP) is 1.08. The predicted molar refractivity (Wildman–Crippen MR) is 66.2 cm³/mol. The van der Waals surface area contributed by atoms with E-state index in [9.17, 15) is 13.2 Å². The largest absolute Gasteiger partial charge is 0.409 e. The molecule has 1 aliphatic rings.